The largest absolute Gasteiger partial charge is 0.377 e. The van der Waals surface area contributed by atoms with E-state index in [0.29, 0.717) is 13.2 Å². The van der Waals surface area contributed by atoms with Crippen LogP contribution >= 0.6 is 0 Å². The Morgan fingerprint density at radius 1 is 1.14 bits per heavy atom. The maximum atomic E-state index is 10.5. The van der Waals surface area contributed by atoms with Crippen LogP contribution in [0.1, 0.15) is 0 Å². The minimum Gasteiger partial charge on any atom is -0.377 e. The minimum absolute atomic E-state index is 0.00289. The lowest BCUT2D eigenvalue weighted by atomic mass is 10.7. The average molecular weight is 223 g/mol. The molecule has 0 rings (SSSR count). The van der Waals surface area contributed by atoms with Gasteiger partial charge in [-0.1, -0.05) is 0 Å². The van der Waals surface area contributed by atoms with E-state index in [1.807, 2.05) is 6.07 Å². The van der Waals surface area contributed by atoms with Crippen molar-refractivity contribution in [3.63, 3.8) is 0 Å². The quantitative estimate of drug-likeness (QED) is 0.408. The van der Waals surface area contributed by atoms with E-state index < -0.39 is 10.1 Å². The maximum Gasteiger partial charge on any atom is 0.264 e. The third-order valence-corrected chi connectivity index (χ3v) is 1.66. The number of nitriles is 1. The van der Waals surface area contributed by atoms with Gasteiger partial charge >= 0.3 is 0 Å². The van der Waals surface area contributed by atoms with Gasteiger partial charge in [0.05, 0.1) is 38.8 Å². The highest BCUT2D eigenvalue weighted by Crippen LogP contribution is 1.86. The Balaban J connectivity index is 3.12. The highest BCUT2D eigenvalue weighted by molar-refractivity contribution is 7.85. The number of rotatable bonds is 8. The van der Waals surface area contributed by atoms with E-state index in [1.54, 1.807) is 0 Å². The lowest BCUT2D eigenvalue weighted by Crippen LogP contribution is -2.12. The molecule has 6 nitrogen and oxygen atoms in total. The third-order valence-electron chi connectivity index (χ3n) is 1.06. The summed E-state index contributed by atoms with van der Waals surface area (Å²) in [6.45, 7) is 0.838. The van der Waals surface area contributed by atoms with Gasteiger partial charge in [-0.15, -0.1) is 0 Å². The predicted molar refractivity (Wildman–Crippen MR) is 48.0 cm³/mol. The molecule has 0 heterocycles. The Labute approximate surface area is 83.5 Å². The Hall–Kier alpha value is -0.680. The summed E-state index contributed by atoms with van der Waals surface area (Å²) in [6, 6.07) is 1.81. The summed E-state index contributed by atoms with van der Waals surface area (Å²) in [5, 5.41) is 8.09. The molecule has 0 saturated heterocycles. The van der Waals surface area contributed by atoms with Gasteiger partial charge in [-0.25, -0.2) is 0 Å². The summed E-state index contributed by atoms with van der Waals surface area (Å²) in [6.07, 6.45) is 0.975. The summed E-state index contributed by atoms with van der Waals surface area (Å²) >= 11 is 0. The van der Waals surface area contributed by atoms with Gasteiger partial charge < -0.3 is 9.47 Å². The van der Waals surface area contributed by atoms with Crippen molar-refractivity contribution in [1.29, 1.82) is 5.26 Å². The smallest absolute Gasteiger partial charge is 0.264 e. The second-order valence-corrected chi connectivity index (χ2v) is 3.99. The van der Waals surface area contributed by atoms with Crippen LogP contribution in [0.2, 0.25) is 0 Å². The predicted octanol–water partition coefficient (Wildman–Crippen LogP) is -0.481. The van der Waals surface area contributed by atoms with Gasteiger partial charge in [0.25, 0.3) is 10.1 Å². The van der Waals surface area contributed by atoms with Crippen LogP contribution in [-0.4, -0.2) is 47.7 Å². The van der Waals surface area contributed by atoms with Crippen LogP contribution in [0.25, 0.3) is 0 Å². The van der Waals surface area contributed by atoms with Gasteiger partial charge in [0.15, 0.2) is 0 Å². The van der Waals surface area contributed by atoms with Crippen molar-refractivity contribution in [3.05, 3.63) is 0 Å². The van der Waals surface area contributed by atoms with Crippen LogP contribution in [0.5, 0.6) is 0 Å². The first-order valence-corrected chi connectivity index (χ1v) is 5.75. The topological polar surface area (TPSA) is 85.6 Å². The number of hydrogen-bond acceptors (Lipinski definition) is 6. The first-order valence-electron chi connectivity index (χ1n) is 3.93. The van der Waals surface area contributed by atoms with Crippen molar-refractivity contribution >= 4 is 10.1 Å². The van der Waals surface area contributed by atoms with E-state index in [-0.39, 0.29) is 19.8 Å². The van der Waals surface area contributed by atoms with Crippen LogP contribution in [0.3, 0.4) is 0 Å². The zero-order valence-electron chi connectivity index (χ0n) is 7.93. The van der Waals surface area contributed by atoms with Gasteiger partial charge in [0.2, 0.25) is 0 Å². The van der Waals surface area contributed by atoms with Crippen molar-refractivity contribution in [3.8, 4) is 6.07 Å². The Bertz CT molecular complexity index is 268. The molecule has 0 aliphatic carbocycles. The molecule has 0 aliphatic heterocycles. The number of ether oxygens (including phenoxy) is 2. The summed E-state index contributed by atoms with van der Waals surface area (Å²) < 4.78 is 35.1. The first kappa shape index (κ1) is 13.3. The lowest BCUT2D eigenvalue weighted by Gasteiger charge is -2.03. The van der Waals surface area contributed by atoms with Crippen molar-refractivity contribution < 1.29 is 22.1 Å². The summed E-state index contributed by atoms with van der Waals surface area (Å²) in [7, 11) is -3.38. The van der Waals surface area contributed by atoms with E-state index in [1.165, 1.54) is 0 Å². The van der Waals surface area contributed by atoms with Crippen LogP contribution in [-0.2, 0) is 23.8 Å². The van der Waals surface area contributed by atoms with Crippen molar-refractivity contribution in [2.45, 2.75) is 0 Å². The highest BCUT2D eigenvalue weighted by atomic mass is 32.2. The molecular formula is C7H13NO5S. The molecule has 0 spiro atoms. The molecule has 0 amide bonds. The van der Waals surface area contributed by atoms with E-state index in [0.717, 1.165) is 6.26 Å². The van der Waals surface area contributed by atoms with Crippen LogP contribution in [0.4, 0.5) is 0 Å². The highest BCUT2D eigenvalue weighted by Gasteiger charge is 1.99. The van der Waals surface area contributed by atoms with E-state index in [2.05, 4.69) is 4.18 Å². The molecule has 0 aromatic carbocycles. The second kappa shape index (κ2) is 7.70. The zero-order valence-corrected chi connectivity index (χ0v) is 8.75. The Morgan fingerprint density at radius 2 is 1.71 bits per heavy atom. The minimum atomic E-state index is -3.38. The van der Waals surface area contributed by atoms with E-state index in [9.17, 15) is 8.42 Å². The molecule has 0 aliphatic rings. The first-order chi connectivity index (χ1) is 6.56. The van der Waals surface area contributed by atoms with Crippen LogP contribution < -0.4 is 0 Å². The normalized spacial score (nSPS) is 11.1. The molecule has 0 N–H and O–H groups in total. The van der Waals surface area contributed by atoms with Crippen LogP contribution in [0, 0.1) is 11.3 Å². The fraction of sp³-hybridized carbons (Fsp3) is 0.857. The maximum absolute atomic E-state index is 10.5. The van der Waals surface area contributed by atoms with Gasteiger partial charge in [-0.05, 0) is 0 Å². The molecular weight excluding hydrogens is 210 g/mol. The molecule has 0 bridgehead atoms. The fourth-order valence-corrected chi connectivity index (χ4v) is 0.953. The van der Waals surface area contributed by atoms with Crippen molar-refractivity contribution in [1.82, 2.24) is 0 Å². The zero-order chi connectivity index (χ0) is 10.9. The second-order valence-electron chi connectivity index (χ2n) is 2.35. The average Bonchev–Trinajstić information content (AvgIpc) is 2.08. The number of hydrogen-bond donors (Lipinski definition) is 0. The molecule has 14 heavy (non-hydrogen) atoms. The van der Waals surface area contributed by atoms with E-state index >= 15 is 0 Å². The Morgan fingerprint density at radius 3 is 2.29 bits per heavy atom. The third kappa shape index (κ3) is 11.3. The van der Waals surface area contributed by atoms with Crippen molar-refractivity contribution in [2.75, 3.05) is 39.3 Å². The van der Waals surface area contributed by atoms with Gasteiger partial charge in [-0.2, -0.15) is 13.7 Å². The fourth-order valence-electron chi connectivity index (χ4n) is 0.582. The summed E-state index contributed by atoms with van der Waals surface area (Å²) in [5.74, 6) is 0. The van der Waals surface area contributed by atoms with Gasteiger partial charge in [0, 0.05) is 0 Å². The SMILES string of the molecule is CS(=O)(=O)OCCOCCOCC#N. The molecule has 0 atom stereocenters. The molecule has 82 valence electrons. The van der Waals surface area contributed by atoms with Gasteiger partial charge in [-0.3, -0.25) is 4.18 Å². The summed E-state index contributed by atoms with van der Waals surface area (Å²) in [5.41, 5.74) is 0. The monoisotopic (exact) mass is 223 g/mol. The van der Waals surface area contributed by atoms with Crippen molar-refractivity contribution in [2.24, 2.45) is 0 Å². The molecule has 0 fully saturated rings. The molecule has 0 aromatic heterocycles. The molecule has 0 unspecified atom stereocenters. The van der Waals surface area contributed by atoms with Gasteiger partial charge in [0.1, 0.15) is 6.61 Å². The molecule has 0 saturated carbocycles. The number of nitrogens with zero attached hydrogens (tertiary/aromatic N) is 1. The molecule has 0 radical (unpaired) electrons. The molecule has 0 aromatic rings. The Kier molecular flexibility index (Phi) is 7.32. The summed E-state index contributed by atoms with van der Waals surface area (Å²) in [4.78, 5) is 0. The van der Waals surface area contributed by atoms with Crippen LogP contribution in [0.15, 0.2) is 0 Å². The van der Waals surface area contributed by atoms with E-state index in [4.69, 9.17) is 14.7 Å². The standard InChI is InChI=1S/C7H13NO5S/c1-14(9,10)13-7-6-12-5-4-11-3-2-8/h3-7H2,1H3. The lowest BCUT2D eigenvalue weighted by molar-refractivity contribution is 0.0470. The molecule has 7 heteroatoms.